The molecular weight excluding hydrogens is 272 g/mol. The van der Waals surface area contributed by atoms with Gasteiger partial charge in [0.2, 0.25) is 0 Å². The van der Waals surface area contributed by atoms with Gasteiger partial charge in [0, 0.05) is 25.3 Å². The SMILES string of the molecule is CC1(NC(=O)NCC2(C(=O)O)CCCCC2)CCOCC1. The number of amides is 2. The summed E-state index contributed by atoms with van der Waals surface area (Å²) in [5.41, 5.74) is -1.04. The highest BCUT2D eigenvalue weighted by atomic mass is 16.5. The summed E-state index contributed by atoms with van der Waals surface area (Å²) in [5, 5.41) is 15.2. The molecular formula is C15H26N2O4. The van der Waals surface area contributed by atoms with Gasteiger partial charge in [-0.2, -0.15) is 0 Å². The average molecular weight is 298 g/mol. The molecule has 0 unspecified atom stereocenters. The smallest absolute Gasteiger partial charge is 0.315 e. The lowest BCUT2D eigenvalue weighted by atomic mass is 9.74. The molecule has 0 aromatic rings. The average Bonchev–Trinajstić information content (AvgIpc) is 2.46. The fraction of sp³-hybridized carbons (Fsp3) is 0.867. The van der Waals surface area contributed by atoms with Gasteiger partial charge in [-0.3, -0.25) is 4.79 Å². The summed E-state index contributed by atoms with van der Waals surface area (Å²) in [6.45, 7) is 3.51. The maximum Gasteiger partial charge on any atom is 0.315 e. The van der Waals surface area contributed by atoms with Gasteiger partial charge in [0.25, 0.3) is 0 Å². The Balaban J connectivity index is 1.85. The van der Waals surface area contributed by atoms with Crippen molar-refractivity contribution in [1.82, 2.24) is 10.6 Å². The Kier molecular flexibility index (Phi) is 5.08. The van der Waals surface area contributed by atoms with E-state index < -0.39 is 11.4 Å². The Hall–Kier alpha value is -1.30. The van der Waals surface area contributed by atoms with Crippen molar-refractivity contribution < 1.29 is 19.4 Å². The van der Waals surface area contributed by atoms with Gasteiger partial charge in [-0.1, -0.05) is 19.3 Å². The zero-order chi connectivity index (χ0) is 15.3. The van der Waals surface area contributed by atoms with E-state index in [4.69, 9.17) is 4.74 Å². The fourth-order valence-electron chi connectivity index (χ4n) is 3.21. The molecule has 1 heterocycles. The molecule has 1 saturated carbocycles. The summed E-state index contributed by atoms with van der Waals surface area (Å²) >= 11 is 0. The number of carbonyl (C=O) groups excluding carboxylic acids is 1. The maximum absolute atomic E-state index is 12.1. The molecule has 2 amide bonds. The number of urea groups is 1. The number of ether oxygens (including phenoxy) is 1. The fourth-order valence-corrected chi connectivity index (χ4v) is 3.21. The van der Waals surface area contributed by atoms with Gasteiger partial charge in [-0.15, -0.1) is 0 Å². The van der Waals surface area contributed by atoms with E-state index in [1.54, 1.807) is 0 Å². The van der Waals surface area contributed by atoms with Gasteiger partial charge < -0.3 is 20.5 Å². The van der Waals surface area contributed by atoms with Crippen molar-refractivity contribution in [2.45, 2.75) is 57.4 Å². The molecule has 1 aliphatic heterocycles. The van der Waals surface area contributed by atoms with Crippen molar-refractivity contribution in [3.05, 3.63) is 0 Å². The second-order valence-corrected chi connectivity index (χ2v) is 6.63. The van der Waals surface area contributed by atoms with Crippen molar-refractivity contribution in [1.29, 1.82) is 0 Å². The molecule has 1 saturated heterocycles. The number of carboxylic acid groups (broad SMARTS) is 1. The van der Waals surface area contributed by atoms with Crippen molar-refractivity contribution in [3.63, 3.8) is 0 Å². The molecule has 0 aromatic carbocycles. The minimum absolute atomic E-state index is 0.209. The standard InChI is InChI=1S/C15H26N2O4/c1-14(7-9-21-10-8-14)17-13(20)16-11-15(12(18)19)5-3-2-4-6-15/h2-11H2,1H3,(H,18,19)(H2,16,17,20). The first-order valence-corrected chi connectivity index (χ1v) is 7.83. The third-order valence-corrected chi connectivity index (χ3v) is 4.86. The number of rotatable bonds is 4. The number of nitrogens with one attached hydrogen (secondary N) is 2. The first-order valence-electron chi connectivity index (χ1n) is 7.83. The zero-order valence-corrected chi connectivity index (χ0v) is 12.7. The quantitative estimate of drug-likeness (QED) is 0.739. The van der Waals surface area contributed by atoms with Crippen LogP contribution < -0.4 is 10.6 Å². The molecule has 2 fully saturated rings. The lowest BCUT2D eigenvalue weighted by Gasteiger charge is -2.36. The highest BCUT2D eigenvalue weighted by Crippen LogP contribution is 2.36. The summed E-state index contributed by atoms with van der Waals surface area (Å²) in [7, 11) is 0. The number of aliphatic carboxylic acids is 1. The van der Waals surface area contributed by atoms with Gasteiger partial charge in [0.1, 0.15) is 0 Å². The minimum atomic E-state index is -0.792. The van der Waals surface area contributed by atoms with E-state index in [1.165, 1.54) is 0 Å². The molecule has 120 valence electrons. The van der Waals surface area contributed by atoms with Crippen LogP contribution in [-0.2, 0) is 9.53 Å². The number of hydrogen-bond donors (Lipinski definition) is 3. The molecule has 0 atom stereocenters. The van der Waals surface area contributed by atoms with E-state index in [0.717, 1.165) is 32.1 Å². The van der Waals surface area contributed by atoms with Crippen molar-refractivity contribution in [3.8, 4) is 0 Å². The zero-order valence-electron chi connectivity index (χ0n) is 12.7. The second-order valence-electron chi connectivity index (χ2n) is 6.63. The Bertz CT molecular complexity index is 385. The normalized spacial score (nSPS) is 24.0. The van der Waals surface area contributed by atoms with Crippen LogP contribution in [0.5, 0.6) is 0 Å². The Morgan fingerprint density at radius 2 is 1.71 bits per heavy atom. The van der Waals surface area contributed by atoms with Gasteiger partial charge in [-0.25, -0.2) is 4.79 Å². The van der Waals surface area contributed by atoms with E-state index in [9.17, 15) is 14.7 Å². The van der Waals surface area contributed by atoms with Crippen molar-refractivity contribution in [2.75, 3.05) is 19.8 Å². The third kappa shape index (κ3) is 4.09. The van der Waals surface area contributed by atoms with Crippen LogP contribution in [-0.4, -0.2) is 42.4 Å². The predicted octanol–water partition coefficient (Wildman–Crippen LogP) is 1.89. The van der Waals surface area contributed by atoms with E-state index in [2.05, 4.69) is 10.6 Å². The van der Waals surface area contributed by atoms with Gasteiger partial charge in [-0.05, 0) is 32.6 Å². The van der Waals surface area contributed by atoms with Gasteiger partial charge >= 0.3 is 12.0 Å². The van der Waals surface area contributed by atoms with Crippen LogP contribution in [0.4, 0.5) is 4.79 Å². The summed E-state index contributed by atoms with van der Waals surface area (Å²) in [6, 6.07) is -0.273. The molecule has 0 aromatic heterocycles. The molecule has 6 heteroatoms. The van der Waals surface area contributed by atoms with Crippen LogP contribution in [0.1, 0.15) is 51.9 Å². The molecule has 0 radical (unpaired) electrons. The van der Waals surface area contributed by atoms with E-state index in [0.29, 0.717) is 26.1 Å². The Morgan fingerprint density at radius 3 is 2.29 bits per heavy atom. The highest BCUT2D eigenvalue weighted by Gasteiger charge is 2.40. The first kappa shape index (κ1) is 16.1. The molecule has 1 aliphatic carbocycles. The maximum atomic E-state index is 12.1. The van der Waals surface area contributed by atoms with Crippen molar-refractivity contribution in [2.24, 2.45) is 5.41 Å². The molecule has 0 bridgehead atoms. The van der Waals surface area contributed by atoms with Crippen LogP contribution in [0.25, 0.3) is 0 Å². The van der Waals surface area contributed by atoms with Gasteiger partial charge in [0.15, 0.2) is 0 Å². The molecule has 0 spiro atoms. The summed E-state index contributed by atoms with van der Waals surface area (Å²) in [4.78, 5) is 23.6. The second kappa shape index (κ2) is 6.64. The van der Waals surface area contributed by atoms with Crippen LogP contribution in [0.3, 0.4) is 0 Å². The lowest BCUT2D eigenvalue weighted by Crippen LogP contribution is -2.55. The summed E-state index contributed by atoms with van der Waals surface area (Å²) in [6.07, 6.45) is 5.78. The van der Waals surface area contributed by atoms with Crippen LogP contribution in [0.2, 0.25) is 0 Å². The summed E-state index contributed by atoms with van der Waals surface area (Å²) in [5.74, 6) is -0.792. The monoisotopic (exact) mass is 298 g/mol. The lowest BCUT2D eigenvalue weighted by molar-refractivity contribution is -0.150. The minimum Gasteiger partial charge on any atom is -0.481 e. The molecule has 2 rings (SSSR count). The molecule has 6 nitrogen and oxygen atoms in total. The van der Waals surface area contributed by atoms with E-state index in [-0.39, 0.29) is 18.1 Å². The van der Waals surface area contributed by atoms with E-state index >= 15 is 0 Å². The van der Waals surface area contributed by atoms with Crippen LogP contribution in [0, 0.1) is 5.41 Å². The number of carboxylic acids is 1. The molecule has 21 heavy (non-hydrogen) atoms. The van der Waals surface area contributed by atoms with Crippen LogP contribution >= 0.6 is 0 Å². The predicted molar refractivity (Wildman–Crippen MR) is 78.1 cm³/mol. The Morgan fingerprint density at radius 1 is 1.10 bits per heavy atom. The Labute approximate surface area is 125 Å². The van der Waals surface area contributed by atoms with Crippen LogP contribution in [0.15, 0.2) is 0 Å². The largest absolute Gasteiger partial charge is 0.481 e. The topological polar surface area (TPSA) is 87.7 Å². The molecule has 2 aliphatic rings. The third-order valence-electron chi connectivity index (χ3n) is 4.86. The highest BCUT2D eigenvalue weighted by molar-refractivity contribution is 5.78. The van der Waals surface area contributed by atoms with E-state index in [1.807, 2.05) is 6.92 Å². The molecule has 3 N–H and O–H groups in total. The van der Waals surface area contributed by atoms with Gasteiger partial charge in [0.05, 0.1) is 5.41 Å². The van der Waals surface area contributed by atoms with Crippen molar-refractivity contribution >= 4 is 12.0 Å². The first-order chi connectivity index (χ1) is 9.96. The number of hydrogen-bond acceptors (Lipinski definition) is 3. The number of carbonyl (C=O) groups is 2. The summed E-state index contributed by atoms with van der Waals surface area (Å²) < 4.78 is 5.30.